The van der Waals surface area contributed by atoms with Crippen molar-refractivity contribution in [1.29, 1.82) is 5.26 Å². The number of benzene rings is 1. The van der Waals surface area contributed by atoms with Gasteiger partial charge in [0, 0.05) is 12.6 Å². The van der Waals surface area contributed by atoms with Crippen LogP contribution in [-0.2, 0) is 6.54 Å². The summed E-state index contributed by atoms with van der Waals surface area (Å²) in [7, 11) is 0. The number of aliphatic hydroxyl groups is 1. The zero-order valence-electron chi connectivity index (χ0n) is 11.2. The highest BCUT2D eigenvalue weighted by molar-refractivity contribution is 5.14. The Morgan fingerprint density at radius 2 is 1.94 bits per heavy atom. The molecule has 0 fully saturated rings. The summed E-state index contributed by atoms with van der Waals surface area (Å²) in [4.78, 5) is 2.05. The van der Waals surface area contributed by atoms with E-state index in [9.17, 15) is 5.11 Å². The molecular weight excluding hydrogens is 224 g/mol. The van der Waals surface area contributed by atoms with E-state index in [0.717, 1.165) is 6.42 Å². The maximum Gasteiger partial charge on any atom is 0.0872 e. The molecule has 3 nitrogen and oxygen atoms in total. The Labute approximate surface area is 110 Å². The highest BCUT2D eigenvalue weighted by atomic mass is 16.3. The molecule has 0 aliphatic heterocycles. The Balaban J connectivity index is 2.71. The molecule has 1 atom stereocenters. The van der Waals surface area contributed by atoms with E-state index in [1.54, 1.807) is 0 Å². The molecule has 0 aliphatic rings. The molecule has 0 saturated carbocycles. The van der Waals surface area contributed by atoms with Crippen LogP contribution < -0.4 is 0 Å². The second-order valence-corrected chi connectivity index (χ2v) is 5.01. The number of nitrogens with zero attached hydrogens (tertiary/aromatic N) is 2. The van der Waals surface area contributed by atoms with E-state index < -0.39 is 0 Å². The van der Waals surface area contributed by atoms with Crippen LogP contribution in [0, 0.1) is 17.2 Å². The smallest absolute Gasteiger partial charge is 0.0872 e. The third kappa shape index (κ3) is 4.87. The summed E-state index contributed by atoms with van der Waals surface area (Å²) in [5.41, 5.74) is 1.18. The van der Waals surface area contributed by atoms with Crippen molar-refractivity contribution in [2.45, 2.75) is 32.9 Å². The SMILES string of the molecule is CC(C)C[C@@H](CO)N(CC#N)Cc1ccccc1. The molecule has 0 bridgehead atoms. The van der Waals surface area contributed by atoms with Crippen LogP contribution in [0.25, 0.3) is 0 Å². The first kappa shape index (κ1) is 14.7. The van der Waals surface area contributed by atoms with Gasteiger partial charge in [0.05, 0.1) is 19.2 Å². The van der Waals surface area contributed by atoms with Gasteiger partial charge in [-0.05, 0) is 17.9 Å². The fourth-order valence-electron chi connectivity index (χ4n) is 2.11. The Bertz CT molecular complexity index is 370. The maximum atomic E-state index is 9.50. The molecule has 0 amide bonds. The van der Waals surface area contributed by atoms with Crippen molar-refractivity contribution >= 4 is 0 Å². The van der Waals surface area contributed by atoms with E-state index in [0.29, 0.717) is 19.0 Å². The summed E-state index contributed by atoms with van der Waals surface area (Å²) in [6.45, 7) is 5.44. The molecule has 1 N–H and O–H groups in total. The van der Waals surface area contributed by atoms with Crippen LogP contribution >= 0.6 is 0 Å². The van der Waals surface area contributed by atoms with Gasteiger partial charge in [0.25, 0.3) is 0 Å². The summed E-state index contributed by atoms with van der Waals surface area (Å²) < 4.78 is 0. The van der Waals surface area contributed by atoms with Crippen molar-refractivity contribution in [3.63, 3.8) is 0 Å². The number of aliphatic hydroxyl groups excluding tert-OH is 1. The molecule has 0 saturated heterocycles. The first-order valence-corrected chi connectivity index (χ1v) is 6.43. The van der Waals surface area contributed by atoms with E-state index in [1.807, 2.05) is 30.3 Å². The Morgan fingerprint density at radius 3 is 2.44 bits per heavy atom. The number of rotatable bonds is 7. The minimum Gasteiger partial charge on any atom is -0.395 e. The molecule has 0 spiro atoms. The summed E-state index contributed by atoms with van der Waals surface area (Å²) in [6, 6.07) is 12.3. The zero-order chi connectivity index (χ0) is 13.4. The van der Waals surface area contributed by atoms with Gasteiger partial charge in [0.2, 0.25) is 0 Å². The number of hydrogen-bond donors (Lipinski definition) is 1. The predicted octanol–water partition coefficient (Wildman–Crippen LogP) is 2.42. The molecule has 0 aliphatic carbocycles. The van der Waals surface area contributed by atoms with Crippen molar-refractivity contribution in [2.24, 2.45) is 5.92 Å². The van der Waals surface area contributed by atoms with E-state index in [4.69, 9.17) is 5.26 Å². The highest BCUT2D eigenvalue weighted by Gasteiger charge is 2.18. The average molecular weight is 246 g/mol. The van der Waals surface area contributed by atoms with Crippen molar-refractivity contribution in [3.8, 4) is 6.07 Å². The van der Waals surface area contributed by atoms with Crippen molar-refractivity contribution in [3.05, 3.63) is 35.9 Å². The fraction of sp³-hybridized carbons (Fsp3) is 0.533. The summed E-state index contributed by atoms with van der Waals surface area (Å²) >= 11 is 0. The Hall–Kier alpha value is -1.37. The second kappa shape index (κ2) is 7.86. The van der Waals surface area contributed by atoms with Crippen LogP contribution in [0.4, 0.5) is 0 Å². The summed E-state index contributed by atoms with van der Waals surface area (Å²) in [5, 5.41) is 18.4. The first-order chi connectivity index (χ1) is 8.67. The van der Waals surface area contributed by atoms with E-state index >= 15 is 0 Å². The molecule has 0 heterocycles. The summed E-state index contributed by atoms with van der Waals surface area (Å²) in [5.74, 6) is 0.513. The lowest BCUT2D eigenvalue weighted by Gasteiger charge is -2.29. The van der Waals surface area contributed by atoms with Gasteiger partial charge in [-0.15, -0.1) is 0 Å². The minimum atomic E-state index is 0.0601. The molecule has 0 aromatic heterocycles. The largest absolute Gasteiger partial charge is 0.395 e. The van der Waals surface area contributed by atoms with Crippen LogP contribution in [0.15, 0.2) is 30.3 Å². The first-order valence-electron chi connectivity index (χ1n) is 6.43. The molecule has 3 heteroatoms. The highest BCUT2D eigenvalue weighted by Crippen LogP contribution is 2.14. The Morgan fingerprint density at radius 1 is 1.28 bits per heavy atom. The van der Waals surface area contributed by atoms with Gasteiger partial charge in [0.15, 0.2) is 0 Å². The van der Waals surface area contributed by atoms with Crippen LogP contribution in [-0.4, -0.2) is 29.2 Å². The van der Waals surface area contributed by atoms with Gasteiger partial charge >= 0.3 is 0 Å². The lowest BCUT2D eigenvalue weighted by Crippen LogP contribution is -2.38. The van der Waals surface area contributed by atoms with Gasteiger partial charge in [-0.3, -0.25) is 4.90 Å². The summed E-state index contributed by atoms with van der Waals surface area (Å²) in [6.07, 6.45) is 0.908. The maximum absolute atomic E-state index is 9.50. The lowest BCUT2D eigenvalue weighted by molar-refractivity contribution is 0.112. The van der Waals surface area contributed by atoms with E-state index in [-0.39, 0.29) is 12.6 Å². The zero-order valence-corrected chi connectivity index (χ0v) is 11.2. The van der Waals surface area contributed by atoms with Crippen LogP contribution in [0.1, 0.15) is 25.8 Å². The van der Waals surface area contributed by atoms with Crippen LogP contribution in [0.5, 0.6) is 0 Å². The minimum absolute atomic E-state index is 0.0601. The van der Waals surface area contributed by atoms with Crippen molar-refractivity contribution in [1.82, 2.24) is 4.90 Å². The standard InChI is InChI=1S/C15H22N2O/c1-13(2)10-15(12-18)17(9-8-16)11-14-6-4-3-5-7-14/h3-7,13,15,18H,9-12H2,1-2H3/t15-/m0/s1. The monoisotopic (exact) mass is 246 g/mol. The molecule has 18 heavy (non-hydrogen) atoms. The fourth-order valence-corrected chi connectivity index (χ4v) is 2.11. The molecule has 0 unspecified atom stereocenters. The topological polar surface area (TPSA) is 47.3 Å². The van der Waals surface area contributed by atoms with Crippen LogP contribution in [0.3, 0.4) is 0 Å². The predicted molar refractivity (Wildman–Crippen MR) is 72.8 cm³/mol. The second-order valence-electron chi connectivity index (χ2n) is 5.01. The van der Waals surface area contributed by atoms with Crippen molar-refractivity contribution in [2.75, 3.05) is 13.2 Å². The van der Waals surface area contributed by atoms with Crippen molar-refractivity contribution < 1.29 is 5.11 Å². The third-order valence-corrected chi connectivity index (χ3v) is 2.97. The lowest BCUT2D eigenvalue weighted by atomic mass is 10.0. The van der Waals surface area contributed by atoms with E-state index in [2.05, 4.69) is 24.8 Å². The Kier molecular flexibility index (Phi) is 6.42. The normalized spacial score (nSPS) is 12.7. The molecule has 98 valence electrons. The van der Waals surface area contributed by atoms with E-state index in [1.165, 1.54) is 5.56 Å². The van der Waals surface area contributed by atoms with Gasteiger partial charge in [-0.25, -0.2) is 0 Å². The number of hydrogen-bond acceptors (Lipinski definition) is 3. The van der Waals surface area contributed by atoms with Gasteiger partial charge in [0.1, 0.15) is 0 Å². The van der Waals surface area contributed by atoms with Crippen LogP contribution in [0.2, 0.25) is 0 Å². The van der Waals surface area contributed by atoms with Gasteiger partial charge in [-0.1, -0.05) is 44.2 Å². The molecule has 1 aromatic carbocycles. The third-order valence-electron chi connectivity index (χ3n) is 2.97. The molecule has 1 rings (SSSR count). The van der Waals surface area contributed by atoms with Gasteiger partial charge in [-0.2, -0.15) is 5.26 Å². The average Bonchev–Trinajstić information content (AvgIpc) is 2.36. The molecule has 0 radical (unpaired) electrons. The number of nitriles is 1. The molecular formula is C15H22N2O. The van der Waals surface area contributed by atoms with Gasteiger partial charge < -0.3 is 5.11 Å². The molecule has 1 aromatic rings. The quantitative estimate of drug-likeness (QED) is 0.752.